The fourth-order valence-electron chi connectivity index (χ4n) is 11.9. The molecule has 4 amide bonds. The van der Waals surface area contributed by atoms with Crippen LogP contribution in [0.4, 0.5) is 34.5 Å². The lowest BCUT2D eigenvalue weighted by molar-refractivity contribution is -0.136. The molecule has 1 unspecified atom stereocenters. The summed E-state index contributed by atoms with van der Waals surface area (Å²) in [5.74, 6) is 0.186. The first-order valence-corrected chi connectivity index (χ1v) is 29.6. The van der Waals surface area contributed by atoms with E-state index in [1.807, 2.05) is 78.7 Å². The van der Waals surface area contributed by atoms with Crippen molar-refractivity contribution in [1.82, 2.24) is 34.9 Å². The van der Waals surface area contributed by atoms with Crippen molar-refractivity contribution in [3.63, 3.8) is 0 Å². The molecule has 5 aliphatic heterocycles. The third-order valence-corrected chi connectivity index (χ3v) is 18.4. The third-order valence-electron chi connectivity index (χ3n) is 16.3. The normalized spacial score (nSPS) is 19.3. The molecule has 2 aromatic heterocycles. The molecule has 17 nitrogen and oxygen atoms in total. The van der Waals surface area contributed by atoms with E-state index in [1.165, 1.54) is 12.8 Å². The summed E-state index contributed by atoms with van der Waals surface area (Å²) in [6.45, 7) is 10.4. The SMILES string of the molecule is COc1cc(N2CCC3(CCN(CC4CCN(c5ccc6c(c5)C(=O)N(C5CCC(=O)NC5=O)C6=O)CC4)CC3)CC2)c(-c2cnn(C)c2)cc1Nc1ncc(Br)c(Nc2ccc(-c3ccccc3)cc2P(C)(C)=O)n1. The number of hydrogen-bond donors (Lipinski definition) is 3. The maximum Gasteiger partial charge on any atom is 0.262 e. The summed E-state index contributed by atoms with van der Waals surface area (Å²) in [4.78, 5) is 69.1. The second-order valence-corrected chi connectivity index (χ2v) is 25.5. The van der Waals surface area contributed by atoms with Crippen LogP contribution in [0, 0.1) is 11.3 Å². The molecule has 0 radical (unpaired) electrons. The Morgan fingerprint density at radius 2 is 1.50 bits per heavy atom. The topological polar surface area (TPSA) is 187 Å². The highest BCUT2D eigenvalue weighted by molar-refractivity contribution is 9.10. The molecule has 4 saturated heterocycles. The Morgan fingerprint density at radius 3 is 2.20 bits per heavy atom. The van der Waals surface area contributed by atoms with Crippen molar-refractivity contribution in [2.24, 2.45) is 18.4 Å². The summed E-state index contributed by atoms with van der Waals surface area (Å²) in [7, 11) is 0.901. The summed E-state index contributed by atoms with van der Waals surface area (Å²) in [6, 6.07) is 24.7. The number of aromatic nitrogens is 4. The zero-order chi connectivity index (χ0) is 52.9. The number of nitrogens with zero attached hydrogens (tertiary/aromatic N) is 8. The van der Waals surface area contributed by atoms with E-state index in [4.69, 9.17) is 9.72 Å². The summed E-state index contributed by atoms with van der Waals surface area (Å²) in [5, 5.41) is 14.5. The molecule has 4 aromatic carbocycles. The molecule has 19 heteroatoms. The number of ether oxygens (including phenoxy) is 1. The second-order valence-electron chi connectivity index (χ2n) is 21.5. The van der Waals surface area contributed by atoms with Crippen molar-refractivity contribution < 1.29 is 28.5 Å². The Hall–Kier alpha value is -6.88. The van der Waals surface area contributed by atoms with Crippen molar-refractivity contribution in [2.45, 2.75) is 57.4 Å². The average molecular weight is 1110 g/mol. The van der Waals surface area contributed by atoms with Gasteiger partial charge in [-0.05, 0) is 146 Å². The molecule has 6 aromatic rings. The Bertz CT molecular complexity index is 3280. The monoisotopic (exact) mass is 1110 g/mol. The number of anilines is 6. The lowest BCUT2D eigenvalue weighted by atomic mass is 9.71. The van der Waals surface area contributed by atoms with Gasteiger partial charge in [0.1, 0.15) is 24.8 Å². The molecule has 7 heterocycles. The summed E-state index contributed by atoms with van der Waals surface area (Å²) >= 11 is 3.65. The lowest BCUT2D eigenvalue weighted by Gasteiger charge is -2.48. The molecule has 0 aliphatic carbocycles. The molecule has 5 aliphatic rings. The van der Waals surface area contributed by atoms with Crippen LogP contribution in [0.5, 0.6) is 5.75 Å². The minimum absolute atomic E-state index is 0.0935. The first-order chi connectivity index (χ1) is 36.6. The standard InChI is InChI=1S/C57H63BrN11O6P/c1-65-35-39(32-60-65)42-30-46(62-56-59-33-44(58)52(64-56)61-45-13-10-38(28-50(45)76(3,4)74)37-8-6-5-7-9-37)49(75-2)31-48(42)68-26-20-57(21-27-68)18-24-66(25-19-57)34-36-16-22-67(23-17-36)40-11-12-41-43(29-40)55(73)69(54(41)72)47-14-15-51(70)63-53(47)71/h5-13,28-33,35-36,47H,14-27,34H2,1-4H3,(H,63,70,71)(H2,59,61,62,64). The van der Waals surface area contributed by atoms with Crippen LogP contribution >= 0.6 is 23.1 Å². The van der Waals surface area contributed by atoms with Gasteiger partial charge in [0, 0.05) is 92.5 Å². The number of halogens is 1. The zero-order valence-corrected chi connectivity index (χ0v) is 45.8. The number of imide groups is 2. The van der Waals surface area contributed by atoms with Gasteiger partial charge in [0.05, 0.1) is 40.3 Å². The first kappa shape index (κ1) is 51.2. The van der Waals surface area contributed by atoms with Gasteiger partial charge < -0.3 is 34.6 Å². The van der Waals surface area contributed by atoms with Gasteiger partial charge in [-0.1, -0.05) is 36.4 Å². The van der Waals surface area contributed by atoms with Gasteiger partial charge in [-0.3, -0.25) is 34.1 Å². The predicted octanol–water partition coefficient (Wildman–Crippen LogP) is 9.05. The Kier molecular flexibility index (Phi) is 14.1. The van der Waals surface area contributed by atoms with Crippen LogP contribution < -0.4 is 35.8 Å². The number of methoxy groups -OCH3 is 1. The minimum Gasteiger partial charge on any atom is -0.494 e. The van der Waals surface area contributed by atoms with Gasteiger partial charge in [-0.15, -0.1) is 0 Å². The number of aryl methyl sites for hydroxylation is 1. The van der Waals surface area contributed by atoms with Crippen LogP contribution in [-0.4, -0.2) is 125 Å². The first-order valence-electron chi connectivity index (χ1n) is 26.2. The molecular formula is C57H63BrN11O6P. The zero-order valence-electron chi connectivity index (χ0n) is 43.4. The number of carbonyl (C=O) groups is 4. The molecule has 11 rings (SSSR count). The number of hydrogen-bond acceptors (Lipinski definition) is 14. The van der Waals surface area contributed by atoms with E-state index in [0.717, 1.165) is 115 Å². The number of amides is 4. The van der Waals surface area contributed by atoms with E-state index in [0.29, 0.717) is 55.8 Å². The van der Waals surface area contributed by atoms with Crippen LogP contribution in [0.3, 0.4) is 0 Å². The van der Waals surface area contributed by atoms with Gasteiger partial charge >= 0.3 is 0 Å². The minimum atomic E-state index is -2.71. The number of rotatable bonds is 13. The van der Waals surface area contributed by atoms with E-state index in [9.17, 15) is 23.7 Å². The lowest BCUT2D eigenvalue weighted by Crippen LogP contribution is -2.54. The molecule has 1 atom stereocenters. The number of piperidine rings is 4. The quantitative estimate of drug-likeness (QED) is 0.0734. The second kappa shape index (κ2) is 20.9. The van der Waals surface area contributed by atoms with E-state index in [2.05, 4.69) is 68.8 Å². The molecule has 0 bridgehead atoms. The van der Waals surface area contributed by atoms with Crippen LogP contribution in [0.1, 0.15) is 72.1 Å². The molecule has 4 fully saturated rings. The number of likely N-dealkylation sites (tertiary alicyclic amines) is 1. The van der Waals surface area contributed by atoms with Crippen molar-refractivity contribution >= 4 is 86.5 Å². The van der Waals surface area contributed by atoms with E-state index >= 15 is 0 Å². The van der Waals surface area contributed by atoms with Gasteiger partial charge in [0.15, 0.2) is 0 Å². The molecule has 3 N–H and O–H groups in total. The predicted molar refractivity (Wildman–Crippen MR) is 300 cm³/mol. The van der Waals surface area contributed by atoms with Crippen molar-refractivity contribution in [1.29, 1.82) is 0 Å². The van der Waals surface area contributed by atoms with Crippen molar-refractivity contribution in [3.8, 4) is 28.0 Å². The van der Waals surface area contributed by atoms with Crippen LogP contribution in [0.15, 0.2) is 102 Å². The Morgan fingerprint density at radius 1 is 0.763 bits per heavy atom. The molecule has 0 saturated carbocycles. The Balaban J connectivity index is 0.717. The van der Waals surface area contributed by atoms with Crippen molar-refractivity contribution in [3.05, 3.63) is 113 Å². The fourth-order valence-corrected chi connectivity index (χ4v) is 13.3. The number of nitrogens with one attached hydrogen (secondary N) is 3. The molecule has 76 heavy (non-hydrogen) atoms. The number of benzene rings is 4. The van der Waals surface area contributed by atoms with Gasteiger partial charge in [-0.25, -0.2) is 4.98 Å². The summed E-state index contributed by atoms with van der Waals surface area (Å²) in [6.07, 6.45) is 12.5. The highest BCUT2D eigenvalue weighted by Gasteiger charge is 2.45. The largest absolute Gasteiger partial charge is 0.494 e. The van der Waals surface area contributed by atoms with E-state index in [1.54, 1.807) is 38.8 Å². The molecule has 394 valence electrons. The third kappa shape index (κ3) is 10.4. The average Bonchev–Trinajstić information content (AvgIpc) is 3.99. The fraction of sp³-hybridized carbons (Fsp3) is 0.386. The highest BCUT2D eigenvalue weighted by Crippen LogP contribution is 2.47. The molecular weight excluding hydrogens is 1050 g/mol. The number of fused-ring (bicyclic) bond motifs is 1. The van der Waals surface area contributed by atoms with E-state index < -0.39 is 30.9 Å². The smallest absolute Gasteiger partial charge is 0.262 e. The van der Waals surface area contributed by atoms with Gasteiger partial charge in [-0.2, -0.15) is 10.1 Å². The number of carbonyl (C=O) groups excluding carboxylic acids is 4. The maximum absolute atomic E-state index is 13.7. The summed E-state index contributed by atoms with van der Waals surface area (Å²) in [5.41, 5.74) is 8.43. The summed E-state index contributed by atoms with van der Waals surface area (Å²) < 4.78 is 22.2. The van der Waals surface area contributed by atoms with Crippen LogP contribution in [0.2, 0.25) is 0 Å². The maximum atomic E-state index is 13.7. The highest BCUT2D eigenvalue weighted by atomic mass is 79.9. The molecule has 1 spiro atoms. The van der Waals surface area contributed by atoms with Crippen LogP contribution in [0.25, 0.3) is 22.3 Å². The van der Waals surface area contributed by atoms with Gasteiger partial charge in [0.25, 0.3) is 11.8 Å². The Labute approximate surface area is 451 Å². The van der Waals surface area contributed by atoms with Crippen LogP contribution in [-0.2, 0) is 21.2 Å². The van der Waals surface area contributed by atoms with Crippen molar-refractivity contribution in [2.75, 3.05) is 86.7 Å². The van der Waals surface area contributed by atoms with E-state index in [-0.39, 0.29) is 18.7 Å². The van der Waals surface area contributed by atoms with Gasteiger partial charge in [0.2, 0.25) is 17.8 Å².